The summed E-state index contributed by atoms with van der Waals surface area (Å²) in [6.07, 6.45) is 1.72. The number of benzene rings is 2. The smallest absolute Gasteiger partial charge is 0.279 e. The van der Waals surface area contributed by atoms with Gasteiger partial charge in [-0.3, -0.25) is 33.0 Å². The summed E-state index contributed by atoms with van der Waals surface area (Å²) in [5.41, 5.74) is 1.50. The summed E-state index contributed by atoms with van der Waals surface area (Å²) >= 11 is 6.22. The number of halogens is 1. The molecule has 0 bridgehead atoms. The summed E-state index contributed by atoms with van der Waals surface area (Å²) in [6.45, 7) is 0. The van der Waals surface area contributed by atoms with E-state index in [0.717, 1.165) is 4.57 Å². The third-order valence-electron chi connectivity index (χ3n) is 5.41. The quantitative estimate of drug-likeness (QED) is 0.310. The number of aryl methyl sites for hydroxylation is 1. The van der Waals surface area contributed by atoms with E-state index in [1.807, 2.05) is 6.07 Å². The van der Waals surface area contributed by atoms with Gasteiger partial charge in [-0.25, -0.2) is 4.79 Å². The standard InChI is InChI=1S/C21H15ClN6O4/c1-24-18-17(19(29)25(2)21(24)30)26-11-16(12-6-8-14(9-7-12)28(31)32)27(20(26)23-18)15-5-3-4-13(22)10-15/h3-11H,1-2H3. The molecule has 0 spiro atoms. The first-order valence-corrected chi connectivity index (χ1v) is 9.86. The van der Waals surface area contributed by atoms with Crippen molar-refractivity contribution < 1.29 is 4.92 Å². The highest BCUT2D eigenvalue weighted by molar-refractivity contribution is 6.30. The van der Waals surface area contributed by atoms with Gasteiger partial charge in [-0.15, -0.1) is 0 Å². The van der Waals surface area contributed by atoms with Crippen LogP contribution in [0.4, 0.5) is 5.69 Å². The molecule has 11 heteroatoms. The molecule has 3 aromatic heterocycles. The van der Waals surface area contributed by atoms with Crippen molar-refractivity contribution in [3.05, 3.63) is 90.7 Å². The highest BCUT2D eigenvalue weighted by Gasteiger charge is 2.22. The number of nitrogens with zero attached hydrogens (tertiary/aromatic N) is 6. The zero-order valence-corrected chi connectivity index (χ0v) is 17.6. The lowest BCUT2D eigenvalue weighted by Crippen LogP contribution is -2.37. The van der Waals surface area contributed by atoms with Crippen LogP contribution in [0.5, 0.6) is 0 Å². The summed E-state index contributed by atoms with van der Waals surface area (Å²) in [5.74, 6) is 0.397. The molecule has 0 aliphatic heterocycles. The Labute approximate surface area is 184 Å². The number of nitro groups is 1. The topological polar surface area (TPSA) is 109 Å². The van der Waals surface area contributed by atoms with Crippen molar-refractivity contribution in [3.8, 4) is 16.9 Å². The van der Waals surface area contributed by atoms with Gasteiger partial charge in [0.25, 0.3) is 11.2 Å². The van der Waals surface area contributed by atoms with Gasteiger partial charge < -0.3 is 0 Å². The molecule has 0 amide bonds. The summed E-state index contributed by atoms with van der Waals surface area (Å²) < 4.78 is 5.75. The first-order valence-electron chi connectivity index (χ1n) is 9.48. The molecular weight excluding hydrogens is 436 g/mol. The Balaban J connectivity index is 1.92. The Morgan fingerprint density at radius 1 is 1.03 bits per heavy atom. The minimum absolute atomic E-state index is 0.0336. The summed E-state index contributed by atoms with van der Waals surface area (Å²) in [7, 11) is 2.96. The number of rotatable bonds is 3. The van der Waals surface area contributed by atoms with Crippen molar-refractivity contribution in [2.24, 2.45) is 14.1 Å². The molecule has 0 N–H and O–H groups in total. The van der Waals surface area contributed by atoms with E-state index in [9.17, 15) is 19.7 Å². The Bertz CT molecular complexity index is 1670. The molecule has 3 heterocycles. The lowest BCUT2D eigenvalue weighted by atomic mass is 10.1. The molecule has 0 saturated carbocycles. The van der Waals surface area contributed by atoms with E-state index in [1.54, 1.807) is 52.5 Å². The van der Waals surface area contributed by atoms with Crippen molar-refractivity contribution >= 4 is 34.2 Å². The van der Waals surface area contributed by atoms with E-state index in [4.69, 9.17) is 11.6 Å². The van der Waals surface area contributed by atoms with E-state index in [0.29, 0.717) is 27.7 Å². The number of imidazole rings is 2. The predicted octanol–water partition coefficient (Wildman–Crippen LogP) is 2.90. The van der Waals surface area contributed by atoms with Crippen LogP contribution in [0.1, 0.15) is 0 Å². The second-order valence-electron chi connectivity index (χ2n) is 7.29. The fourth-order valence-corrected chi connectivity index (χ4v) is 3.98. The summed E-state index contributed by atoms with van der Waals surface area (Å²) in [4.78, 5) is 40.5. The number of aromatic nitrogens is 5. The van der Waals surface area contributed by atoms with Gasteiger partial charge in [-0.2, -0.15) is 4.98 Å². The average Bonchev–Trinajstić information content (AvgIpc) is 3.32. The van der Waals surface area contributed by atoms with Gasteiger partial charge in [0.05, 0.1) is 16.3 Å². The number of hydrogen-bond donors (Lipinski definition) is 0. The fraction of sp³-hybridized carbons (Fsp3) is 0.0952. The van der Waals surface area contributed by atoms with E-state index in [1.165, 1.54) is 23.7 Å². The molecule has 0 aliphatic carbocycles. The molecule has 0 unspecified atom stereocenters. The van der Waals surface area contributed by atoms with Crippen LogP contribution < -0.4 is 11.2 Å². The third kappa shape index (κ3) is 2.77. The molecule has 0 saturated heterocycles. The van der Waals surface area contributed by atoms with Crippen LogP contribution in [0.15, 0.2) is 64.3 Å². The Morgan fingerprint density at radius 2 is 1.75 bits per heavy atom. The highest BCUT2D eigenvalue weighted by atomic mass is 35.5. The lowest BCUT2D eigenvalue weighted by Gasteiger charge is -2.09. The molecule has 0 radical (unpaired) electrons. The maximum Gasteiger partial charge on any atom is 0.332 e. The molecule has 0 aliphatic rings. The van der Waals surface area contributed by atoms with Crippen molar-refractivity contribution in [1.29, 1.82) is 0 Å². The normalized spacial score (nSPS) is 11.5. The van der Waals surface area contributed by atoms with Gasteiger partial charge in [0.15, 0.2) is 11.2 Å². The van der Waals surface area contributed by atoms with Gasteiger partial charge in [-0.1, -0.05) is 17.7 Å². The Morgan fingerprint density at radius 3 is 2.41 bits per heavy atom. The largest absolute Gasteiger partial charge is 0.332 e. The minimum Gasteiger partial charge on any atom is -0.279 e. The molecule has 5 rings (SSSR count). The van der Waals surface area contributed by atoms with E-state index in [-0.39, 0.29) is 16.9 Å². The minimum atomic E-state index is -0.479. The van der Waals surface area contributed by atoms with Gasteiger partial charge in [0.1, 0.15) is 0 Å². The third-order valence-corrected chi connectivity index (χ3v) is 5.64. The number of hydrogen-bond acceptors (Lipinski definition) is 5. The first kappa shape index (κ1) is 19.8. The van der Waals surface area contributed by atoms with Crippen LogP contribution in [0.2, 0.25) is 5.02 Å². The van der Waals surface area contributed by atoms with Crippen LogP contribution in [0.25, 0.3) is 33.9 Å². The molecule has 5 aromatic rings. The molecule has 2 aromatic carbocycles. The average molecular weight is 451 g/mol. The zero-order valence-electron chi connectivity index (χ0n) is 16.9. The first-order chi connectivity index (χ1) is 15.3. The van der Waals surface area contributed by atoms with Gasteiger partial charge in [0.2, 0.25) is 5.78 Å². The zero-order chi connectivity index (χ0) is 22.7. The Hall–Kier alpha value is -4.18. The van der Waals surface area contributed by atoms with Crippen molar-refractivity contribution in [2.45, 2.75) is 0 Å². The van der Waals surface area contributed by atoms with E-state index >= 15 is 0 Å². The maximum atomic E-state index is 12.9. The highest BCUT2D eigenvalue weighted by Crippen LogP contribution is 2.30. The van der Waals surface area contributed by atoms with E-state index < -0.39 is 16.2 Å². The molecule has 10 nitrogen and oxygen atoms in total. The van der Waals surface area contributed by atoms with Crippen LogP contribution in [-0.4, -0.2) is 28.0 Å². The maximum absolute atomic E-state index is 12.9. The monoisotopic (exact) mass is 450 g/mol. The van der Waals surface area contributed by atoms with Gasteiger partial charge in [0, 0.05) is 43.0 Å². The second kappa shape index (κ2) is 6.92. The Kier molecular flexibility index (Phi) is 4.28. The lowest BCUT2D eigenvalue weighted by molar-refractivity contribution is -0.384. The van der Waals surface area contributed by atoms with Crippen LogP contribution >= 0.6 is 11.6 Å². The van der Waals surface area contributed by atoms with Crippen LogP contribution in [0, 0.1) is 10.1 Å². The fourth-order valence-electron chi connectivity index (χ4n) is 3.80. The van der Waals surface area contributed by atoms with Gasteiger partial charge in [-0.05, 0) is 30.3 Å². The molecule has 0 atom stereocenters. The van der Waals surface area contributed by atoms with Gasteiger partial charge >= 0.3 is 5.69 Å². The van der Waals surface area contributed by atoms with Crippen molar-refractivity contribution in [1.82, 2.24) is 23.1 Å². The van der Waals surface area contributed by atoms with Crippen molar-refractivity contribution in [2.75, 3.05) is 0 Å². The second-order valence-corrected chi connectivity index (χ2v) is 7.73. The summed E-state index contributed by atoms with van der Waals surface area (Å²) in [5, 5.41) is 11.6. The SMILES string of the molecule is Cn1c(=O)c2c(nc3n(-c4cccc(Cl)c4)c(-c4ccc([N+](=O)[O-])cc4)cn23)n(C)c1=O. The van der Waals surface area contributed by atoms with E-state index in [2.05, 4.69) is 4.98 Å². The number of non-ortho nitro benzene ring substituents is 1. The summed E-state index contributed by atoms with van der Waals surface area (Å²) in [6, 6.07) is 13.2. The predicted molar refractivity (Wildman–Crippen MR) is 120 cm³/mol. The number of fused-ring (bicyclic) bond motifs is 3. The molecule has 160 valence electrons. The van der Waals surface area contributed by atoms with Crippen molar-refractivity contribution in [3.63, 3.8) is 0 Å². The molecule has 32 heavy (non-hydrogen) atoms. The van der Waals surface area contributed by atoms with Crippen LogP contribution in [0.3, 0.4) is 0 Å². The molecule has 0 fully saturated rings. The number of nitro benzene ring substituents is 1. The molecular formula is C21H15ClN6O4. The van der Waals surface area contributed by atoms with Crippen LogP contribution in [-0.2, 0) is 14.1 Å².